The Kier molecular flexibility index (Phi) is 5.41. The number of hydrogen-bond donors (Lipinski definition) is 3. The van der Waals surface area contributed by atoms with E-state index in [1.807, 2.05) is 0 Å². The smallest absolute Gasteiger partial charge is 0.309 e. The highest BCUT2D eigenvalue weighted by atomic mass is 16.2. The summed E-state index contributed by atoms with van der Waals surface area (Å²) in [5.41, 5.74) is 5.26. The van der Waals surface area contributed by atoms with Crippen LogP contribution >= 0.6 is 0 Å². The van der Waals surface area contributed by atoms with E-state index < -0.39 is 11.8 Å². The normalized spacial score (nSPS) is 28.5. The van der Waals surface area contributed by atoms with Gasteiger partial charge in [0, 0.05) is 19.1 Å². The highest BCUT2D eigenvalue weighted by Crippen LogP contribution is 2.29. The van der Waals surface area contributed by atoms with Gasteiger partial charge in [-0.15, -0.1) is 0 Å². The summed E-state index contributed by atoms with van der Waals surface area (Å²) in [6, 6.07) is 0.120. The van der Waals surface area contributed by atoms with Crippen LogP contribution in [0.5, 0.6) is 0 Å². The van der Waals surface area contributed by atoms with Crippen LogP contribution in [0.2, 0.25) is 0 Å². The molecule has 0 radical (unpaired) electrons. The van der Waals surface area contributed by atoms with Gasteiger partial charge in [-0.2, -0.15) is 0 Å². The van der Waals surface area contributed by atoms with E-state index in [1.54, 1.807) is 0 Å². The van der Waals surface area contributed by atoms with E-state index in [4.69, 9.17) is 5.73 Å². The van der Waals surface area contributed by atoms with Crippen molar-refractivity contribution in [3.8, 4) is 0 Å². The van der Waals surface area contributed by atoms with Crippen molar-refractivity contribution in [1.82, 2.24) is 10.6 Å². The molecule has 17 heavy (non-hydrogen) atoms. The topological polar surface area (TPSA) is 84.2 Å². The molecule has 1 aliphatic rings. The lowest BCUT2D eigenvalue weighted by molar-refractivity contribution is -0.140. The summed E-state index contributed by atoms with van der Waals surface area (Å²) in [5, 5.41) is 5.29. The molecule has 4 N–H and O–H groups in total. The fourth-order valence-corrected chi connectivity index (χ4v) is 2.29. The predicted octanol–water partition coefficient (Wildman–Crippen LogP) is 0.00220. The van der Waals surface area contributed by atoms with Crippen LogP contribution in [0.4, 0.5) is 0 Å². The van der Waals surface area contributed by atoms with Crippen LogP contribution in [-0.4, -0.2) is 30.9 Å². The zero-order chi connectivity index (χ0) is 12.8. The Labute approximate surface area is 103 Å². The zero-order valence-corrected chi connectivity index (χ0v) is 10.7. The number of amides is 2. The highest BCUT2D eigenvalue weighted by Gasteiger charge is 2.29. The number of carbonyl (C=O) groups is 2. The third-order valence-electron chi connectivity index (χ3n) is 3.66. The molecule has 98 valence electrons. The lowest BCUT2D eigenvalue weighted by atomic mass is 9.78. The minimum atomic E-state index is -0.583. The van der Waals surface area contributed by atoms with Gasteiger partial charge < -0.3 is 16.4 Å². The number of rotatable bonds is 3. The molecular weight excluding hydrogens is 218 g/mol. The Morgan fingerprint density at radius 2 is 1.94 bits per heavy atom. The molecule has 1 rings (SSSR count). The minimum absolute atomic E-state index is 0.120. The molecule has 0 bridgehead atoms. The van der Waals surface area contributed by atoms with E-state index in [0.717, 1.165) is 12.8 Å². The average Bonchev–Trinajstić information content (AvgIpc) is 2.31. The van der Waals surface area contributed by atoms with Gasteiger partial charge >= 0.3 is 11.8 Å². The maximum absolute atomic E-state index is 11.6. The lowest BCUT2D eigenvalue weighted by Crippen LogP contribution is -2.49. The van der Waals surface area contributed by atoms with E-state index in [2.05, 4.69) is 24.5 Å². The summed E-state index contributed by atoms with van der Waals surface area (Å²) in [6.07, 6.45) is 3.27. The first-order valence-corrected chi connectivity index (χ1v) is 6.35. The van der Waals surface area contributed by atoms with Gasteiger partial charge in [0.2, 0.25) is 0 Å². The van der Waals surface area contributed by atoms with Crippen LogP contribution in [0.1, 0.15) is 33.1 Å². The molecule has 0 aromatic heterocycles. The third kappa shape index (κ3) is 4.00. The Morgan fingerprint density at radius 3 is 2.59 bits per heavy atom. The molecule has 0 spiro atoms. The van der Waals surface area contributed by atoms with Gasteiger partial charge in [-0.05, 0) is 18.3 Å². The van der Waals surface area contributed by atoms with E-state index in [0.29, 0.717) is 24.9 Å². The van der Waals surface area contributed by atoms with Crippen molar-refractivity contribution in [2.24, 2.45) is 17.6 Å². The highest BCUT2D eigenvalue weighted by molar-refractivity contribution is 6.35. The van der Waals surface area contributed by atoms with Crippen LogP contribution in [0.25, 0.3) is 0 Å². The summed E-state index contributed by atoms with van der Waals surface area (Å²) in [4.78, 5) is 23.0. The van der Waals surface area contributed by atoms with Gasteiger partial charge in [-0.1, -0.05) is 26.7 Å². The summed E-state index contributed by atoms with van der Waals surface area (Å²) in [6.45, 7) is 5.00. The fourth-order valence-electron chi connectivity index (χ4n) is 2.29. The van der Waals surface area contributed by atoms with Crippen molar-refractivity contribution in [3.05, 3.63) is 0 Å². The molecule has 0 aromatic rings. The first-order chi connectivity index (χ1) is 8.06. The monoisotopic (exact) mass is 241 g/mol. The van der Waals surface area contributed by atoms with Crippen molar-refractivity contribution in [1.29, 1.82) is 0 Å². The Bertz CT molecular complexity index is 281. The van der Waals surface area contributed by atoms with Crippen molar-refractivity contribution >= 4 is 11.8 Å². The molecular formula is C12H23N3O2. The van der Waals surface area contributed by atoms with E-state index in [9.17, 15) is 9.59 Å². The number of nitrogens with two attached hydrogens (primary N) is 1. The van der Waals surface area contributed by atoms with Crippen LogP contribution in [-0.2, 0) is 9.59 Å². The Morgan fingerprint density at radius 1 is 1.24 bits per heavy atom. The summed E-state index contributed by atoms with van der Waals surface area (Å²) in [5.74, 6) is -0.0959. The third-order valence-corrected chi connectivity index (χ3v) is 3.66. The van der Waals surface area contributed by atoms with E-state index >= 15 is 0 Å². The SMILES string of the molecule is CC1CCCC(NC(=O)C(=O)NCCN)C1C. The number of carbonyl (C=O) groups excluding carboxylic acids is 2. The van der Waals surface area contributed by atoms with Crippen molar-refractivity contribution < 1.29 is 9.59 Å². The largest absolute Gasteiger partial charge is 0.347 e. The minimum Gasteiger partial charge on any atom is -0.347 e. The maximum atomic E-state index is 11.6. The van der Waals surface area contributed by atoms with E-state index in [-0.39, 0.29) is 6.04 Å². The van der Waals surface area contributed by atoms with Crippen LogP contribution in [0.15, 0.2) is 0 Å². The molecule has 3 unspecified atom stereocenters. The quantitative estimate of drug-likeness (QED) is 0.608. The lowest BCUT2D eigenvalue weighted by Gasteiger charge is -2.34. The predicted molar refractivity (Wildman–Crippen MR) is 66.2 cm³/mol. The number of nitrogens with one attached hydrogen (secondary N) is 2. The molecule has 5 nitrogen and oxygen atoms in total. The zero-order valence-electron chi connectivity index (χ0n) is 10.7. The summed E-state index contributed by atoms with van der Waals surface area (Å²) >= 11 is 0. The van der Waals surface area contributed by atoms with Gasteiger partial charge in [0.25, 0.3) is 0 Å². The van der Waals surface area contributed by atoms with Gasteiger partial charge in [0.05, 0.1) is 0 Å². The first-order valence-electron chi connectivity index (χ1n) is 6.35. The van der Waals surface area contributed by atoms with Crippen LogP contribution < -0.4 is 16.4 Å². The van der Waals surface area contributed by atoms with Gasteiger partial charge in [0.1, 0.15) is 0 Å². The summed E-state index contributed by atoms with van der Waals surface area (Å²) < 4.78 is 0. The molecule has 2 amide bonds. The maximum Gasteiger partial charge on any atom is 0.309 e. The molecule has 1 aliphatic carbocycles. The van der Waals surface area contributed by atoms with Gasteiger partial charge in [0.15, 0.2) is 0 Å². The van der Waals surface area contributed by atoms with Crippen molar-refractivity contribution in [2.75, 3.05) is 13.1 Å². The molecule has 1 fully saturated rings. The molecule has 1 saturated carbocycles. The van der Waals surface area contributed by atoms with Crippen molar-refractivity contribution in [3.63, 3.8) is 0 Å². The summed E-state index contributed by atoms with van der Waals surface area (Å²) in [7, 11) is 0. The van der Waals surface area contributed by atoms with Gasteiger partial charge in [-0.25, -0.2) is 0 Å². The molecule has 0 heterocycles. The molecule has 3 atom stereocenters. The fraction of sp³-hybridized carbons (Fsp3) is 0.833. The second-order valence-corrected chi connectivity index (χ2v) is 4.89. The molecule has 0 aromatic carbocycles. The first kappa shape index (κ1) is 14.0. The Balaban J connectivity index is 2.42. The average molecular weight is 241 g/mol. The standard InChI is InChI=1S/C12H23N3O2/c1-8-4-3-5-10(9(8)2)15-12(17)11(16)14-7-6-13/h8-10H,3-7,13H2,1-2H3,(H,14,16)(H,15,17). The van der Waals surface area contributed by atoms with Crippen LogP contribution in [0.3, 0.4) is 0 Å². The second-order valence-electron chi connectivity index (χ2n) is 4.89. The molecule has 0 aliphatic heterocycles. The second kappa shape index (κ2) is 6.59. The van der Waals surface area contributed by atoms with E-state index in [1.165, 1.54) is 6.42 Å². The van der Waals surface area contributed by atoms with Crippen molar-refractivity contribution in [2.45, 2.75) is 39.2 Å². The number of hydrogen-bond acceptors (Lipinski definition) is 3. The van der Waals surface area contributed by atoms with Crippen LogP contribution in [0, 0.1) is 11.8 Å². The van der Waals surface area contributed by atoms with Gasteiger partial charge in [-0.3, -0.25) is 9.59 Å². The Hall–Kier alpha value is -1.10. The molecule has 5 heteroatoms. The molecule has 0 saturated heterocycles.